The Morgan fingerprint density at radius 3 is 1.82 bits per heavy atom. The summed E-state index contributed by atoms with van der Waals surface area (Å²) in [5.41, 5.74) is 4.49. The van der Waals surface area contributed by atoms with Gasteiger partial charge in [0, 0.05) is 21.7 Å². The van der Waals surface area contributed by atoms with Crippen molar-refractivity contribution in [2.45, 2.75) is 0 Å². The zero-order valence-electron chi connectivity index (χ0n) is 21.5. The summed E-state index contributed by atoms with van der Waals surface area (Å²) >= 11 is 12.0. The van der Waals surface area contributed by atoms with E-state index >= 15 is 0 Å². The van der Waals surface area contributed by atoms with E-state index in [1.54, 1.807) is 38.5 Å². The molecule has 0 aliphatic rings. The average Bonchev–Trinajstić information content (AvgIpc) is 2.99. The zero-order chi connectivity index (χ0) is 28.2. The molecule has 40 heavy (non-hydrogen) atoms. The van der Waals surface area contributed by atoms with Crippen molar-refractivity contribution >= 4 is 46.0 Å². The van der Waals surface area contributed by atoms with Gasteiger partial charge in [-0.25, -0.2) is 14.8 Å². The van der Waals surface area contributed by atoms with E-state index in [1.165, 1.54) is 12.1 Å². The Balaban J connectivity index is 1.48. The summed E-state index contributed by atoms with van der Waals surface area (Å²) in [7, 11) is 3.21. The van der Waals surface area contributed by atoms with Crippen molar-refractivity contribution in [3.8, 4) is 34.0 Å². The maximum Gasteiger partial charge on any atom is 0.338 e. The molecule has 0 amide bonds. The van der Waals surface area contributed by atoms with E-state index in [9.17, 15) is 9.59 Å². The molecule has 5 aromatic rings. The number of hydrogen-bond acceptors (Lipinski definition) is 7. The van der Waals surface area contributed by atoms with Gasteiger partial charge in [0.1, 0.15) is 11.5 Å². The van der Waals surface area contributed by atoms with Gasteiger partial charge >= 0.3 is 5.97 Å². The van der Waals surface area contributed by atoms with Crippen LogP contribution >= 0.6 is 23.2 Å². The average molecular weight is 573 g/mol. The van der Waals surface area contributed by atoms with Crippen molar-refractivity contribution < 1.29 is 23.8 Å². The number of methoxy groups -OCH3 is 2. The highest BCUT2D eigenvalue weighted by molar-refractivity contribution is 6.36. The fourth-order valence-electron chi connectivity index (χ4n) is 4.09. The van der Waals surface area contributed by atoms with Gasteiger partial charge in [-0.2, -0.15) is 0 Å². The van der Waals surface area contributed by atoms with Crippen LogP contribution in [0.5, 0.6) is 11.5 Å². The summed E-state index contributed by atoms with van der Waals surface area (Å²) < 4.78 is 15.9. The van der Waals surface area contributed by atoms with Gasteiger partial charge in [0.2, 0.25) is 5.78 Å². The fraction of sp³-hybridized carbons (Fsp3) is 0.0968. The Hall–Kier alpha value is -4.46. The molecule has 200 valence electrons. The second-order valence-electron chi connectivity index (χ2n) is 8.70. The van der Waals surface area contributed by atoms with Gasteiger partial charge in [-0.05, 0) is 84.9 Å². The number of aromatic nitrogens is 2. The molecule has 0 atom stereocenters. The molecule has 0 saturated carbocycles. The first-order valence-corrected chi connectivity index (χ1v) is 12.9. The van der Waals surface area contributed by atoms with Crippen molar-refractivity contribution in [3.63, 3.8) is 0 Å². The minimum Gasteiger partial charge on any atom is -0.497 e. The van der Waals surface area contributed by atoms with Crippen LogP contribution in [-0.2, 0) is 4.74 Å². The van der Waals surface area contributed by atoms with Crippen molar-refractivity contribution in [3.05, 3.63) is 106 Å². The molecular weight excluding hydrogens is 551 g/mol. The number of Topliss-reactive ketones (excluding diaryl/α,β-unsaturated/α-hetero) is 1. The number of carbonyl (C=O) groups excluding carboxylic acids is 2. The third-order valence-corrected chi connectivity index (χ3v) is 6.74. The van der Waals surface area contributed by atoms with Crippen LogP contribution in [0.4, 0.5) is 0 Å². The zero-order valence-corrected chi connectivity index (χ0v) is 23.0. The molecule has 7 nitrogen and oxygen atoms in total. The molecule has 0 aliphatic heterocycles. The Kier molecular flexibility index (Phi) is 7.96. The fourth-order valence-corrected chi connectivity index (χ4v) is 4.60. The van der Waals surface area contributed by atoms with Gasteiger partial charge in [-0.1, -0.05) is 23.2 Å². The molecule has 9 heteroatoms. The number of rotatable bonds is 8. The van der Waals surface area contributed by atoms with E-state index in [2.05, 4.69) is 0 Å². The highest BCUT2D eigenvalue weighted by Gasteiger charge is 2.18. The third kappa shape index (κ3) is 5.76. The van der Waals surface area contributed by atoms with E-state index in [0.29, 0.717) is 33.2 Å². The Morgan fingerprint density at radius 2 is 1.27 bits per heavy atom. The smallest absolute Gasteiger partial charge is 0.338 e. The number of halogens is 2. The summed E-state index contributed by atoms with van der Waals surface area (Å²) in [6.07, 6.45) is 0. The van der Waals surface area contributed by atoms with Crippen molar-refractivity contribution in [2.75, 3.05) is 20.8 Å². The maximum atomic E-state index is 12.8. The first-order valence-electron chi connectivity index (χ1n) is 12.1. The normalized spacial score (nSPS) is 10.8. The topological polar surface area (TPSA) is 87.6 Å². The van der Waals surface area contributed by atoms with Crippen LogP contribution in [0.25, 0.3) is 33.5 Å². The number of carbonyl (C=O) groups is 2. The summed E-state index contributed by atoms with van der Waals surface area (Å²) in [6.45, 7) is -0.475. The van der Waals surface area contributed by atoms with Crippen LogP contribution in [0.3, 0.4) is 0 Å². The third-order valence-electron chi connectivity index (χ3n) is 6.19. The second-order valence-corrected chi connectivity index (χ2v) is 9.55. The van der Waals surface area contributed by atoms with Crippen molar-refractivity contribution in [1.82, 2.24) is 9.97 Å². The summed E-state index contributed by atoms with van der Waals surface area (Å²) in [4.78, 5) is 35.1. The molecule has 4 aromatic carbocycles. The van der Waals surface area contributed by atoms with E-state index in [4.69, 9.17) is 47.4 Å². The predicted octanol–water partition coefficient (Wildman–Crippen LogP) is 7.33. The van der Waals surface area contributed by atoms with Crippen LogP contribution < -0.4 is 9.47 Å². The molecule has 0 unspecified atom stereocenters. The van der Waals surface area contributed by atoms with Crippen molar-refractivity contribution in [1.29, 1.82) is 0 Å². The Morgan fingerprint density at radius 1 is 0.700 bits per heavy atom. The van der Waals surface area contributed by atoms with Crippen LogP contribution in [0.2, 0.25) is 10.0 Å². The van der Waals surface area contributed by atoms with Crippen LogP contribution in [0.1, 0.15) is 20.7 Å². The van der Waals surface area contributed by atoms with Gasteiger partial charge in [0.15, 0.2) is 6.61 Å². The number of esters is 1. The molecule has 0 bridgehead atoms. The Bertz CT molecular complexity index is 1720. The van der Waals surface area contributed by atoms with Crippen molar-refractivity contribution in [2.24, 2.45) is 0 Å². The van der Waals surface area contributed by atoms with Gasteiger partial charge in [0.05, 0.1) is 47.2 Å². The molecule has 0 radical (unpaired) electrons. The number of ketones is 1. The second kappa shape index (κ2) is 11.7. The van der Waals surface area contributed by atoms with Gasteiger partial charge in [0.25, 0.3) is 0 Å². The molecule has 0 fully saturated rings. The molecule has 0 spiro atoms. The predicted molar refractivity (Wildman–Crippen MR) is 155 cm³/mol. The summed E-state index contributed by atoms with van der Waals surface area (Å²) in [5.74, 6) is 0.320. The van der Waals surface area contributed by atoms with Gasteiger partial charge in [-0.3, -0.25) is 4.79 Å². The number of nitrogens with zero attached hydrogens (tertiary/aromatic N) is 2. The lowest BCUT2D eigenvalue weighted by atomic mass is 10.0. The lowest BCUT2D eigenvalue weighted by Crippen LogP contribution is -2.14. The van der Waals surface area contributed by atoms with Crippen LogP contribution in [-0.4, -0.2) is 42.5 Å². The van der Waals surface area contributed by atoms with E-state index < -0.39 is 18.4 Å². The lowest BCUT2D eigenvalue weighted by molar-refractivity contribution is 0.0475. The molecule has 0 saturated heterocycles. The number of hydrogen-bond donors (Lipinski definition) is 0. The number of benzene rings is 4. The largest absolute Gasteiger partial charge is 0.497 e. The highest BCUT2D eigenvalue weighted by atomic mass is 35.5. The lowest BCUT2D eigenvalue weighted by Gasteiger charge is -2.12. The summed E-state index contributed by atoms with van der Waals surface area (Å²) in [6, 6.07) is 24.4. The van der Waals surface area contributed by atoms with Crippen LogP contribution in [0, 0.1) is 0 Å². The maximum absolute atomic E-state index is 12.8. The minimum absolute atomic E-state index is 0.188. The first kappa shape index (κ1) is 27.1. The SMILES string of the molecule is COc1ccc(-c2nc3ccc(C(=O)OCC(=O)c4ccc(Cl)cc4Cl)cc3nc2-c2ccc(OC)cc2)cc1. The van der Waals surface area contributed by atoms with Crippen LogP contribution in [0.15, 0.2) is 84.9 Å². The first-order chi connectivity index (χ1) is 19.4. The monoisotopic (exact) mass is 572 g/mol. The Labute approximate surface area is 240 Å². The van der Waals surface area contributed by atoms with Gasteiger partial charge in [-0.15, -0.1) is 0 Å². The summed E-state index contributed by atoms with van der Waals surface area (Å²) in [5, 5.41) is 0.591. The molecule has 0 N–H and O–H groups in total. The van der Waals surface area contributed by atoms with E-state index in [-0.39, 0.29) is 16.1 Å². The number of fused-ring (bicyclic) bond motifs is 1. The molecular formula is C31H22Cl2N2O5. The number of ether oxygens (including phenoxy) is 3. The molecule has 5 rings (SSSR count). The highest BCUT2D eigenvalue weighted by Crippen LogP contribution is 2.33. The molecule has 1 heterocycles. The van der Waals surface area contributed by atoms with Gasteiger partial charge < -0.3 is 14.2 Å². The standard InChI is InChI=1S/C31H22Cl2N2O5/c1-38-22-9-3-18(4-10-22)29-30(19-5-11-23(39-2)12-6-19)35-27-15-20(7-14-26(27)34-29)31(37)40-17-28(36)24-13-8-21(32)16-25(24)33/h3-16H,17H2,1-2H3. The minimum atomic E-state index is -0.674. The quantitative estimate of drug-likeness (QED) is 0.142. The van der Waals surface area contributed by atoms with E-state index in [0.717, 1.165) is 16.9 Å². The van der Waals surface area contributed by atoms with E-state index in [1.807, 2.05) is 48.5 Å². The molecule has 0 aliphatic carbocycles. The molecule has 1 aromatic heterocycles.